The van der Waals surface area contributed by atoms with Crippen molar-refractivity contribution in [3.05, 3.63) is 0 Å². The number of carbonyl (C=O) groups excluding carboxylic acids is 1. The van der Waals surface area contributed by atoms with Crippen LogP contribution < -0.4 is 0 Å². The molecule has 20 heavy (non-hydrogen) atoms. The van der Waals surface area contributed by atoms with E-state index in [0.717, 1.165) is 6.42 Å². The fourth-order valence-electron chi connectivity index (χ4n) is 2.61. The van der Waals surface area contributed by atoms with Crippen LogP contribution in [0.2, 0.25) is 18.1 Å². The SMILES string of the molecule is CSC(SC)C(SC)[C@@H]1CC(=O)N1[Si](C)(C)C(C)(C)C. The van der Waals surface area contributed by atoms with Crippen LogP contribution in [-0.4, -0.2) is 53.3 Å². The minimum atomic E-state index is -1.75. The molecule has 0 aliphatic carbocycles. The van der Waals surface area contributed by atoms with Gasteiger partial charge in [0.05, 0.1) is 4.58 Å². The second kappa shape index (κ2) is 6.88. The van der Waals surface area contributed by atoms with Crippen LogP contribution in [0.15, 0.2) is 0 Å². The smallest absolute Gasteiger partial charge is 0.217 e. The molecular weight excluding hydrogens is 322 g/mol. The summed E-state index contributed by atoms with van der Waals surface area (Å²) >= 11 is 5.77. The van der Waals surface area contributed by atoms with Gasteiger partial charge in [-0.05, 0) is 23.8 Å². The molecule has 0 aromatic carbocycles. The highest BCUT2D eigenvalue weighted by molar-refractivity contribution is 8.17. The average molecular weight is 352 g/mol. The number of β-lactam (4-membered cyclic amide) rings is 1. The first kappa shape index (κ1) is 18.8. The van der Waals surface area contributed by atoms with Crippen molar-refractivity contribution in [2.75, 3.05) is 18.8 Å². The summed E-state index contributed by atoms with van der Waals surface area (Å²) in [6, 6.07) is 0.434. The predicted molar refractivity (Wildman–Crippen MR) is 101 cm³/mol. The third-order valence-electron chi connectivity index (χ3n) is 4.81. The summed E-state index contributed by atoms with van der Waals surface area (Å²) in [5.74, 6) is 0.376. The van der Waals surface area contributed by atoms with Crippen LogP contribution in [0.25, 0.3) is 0 Å². The maximum Gasteiger partial charge on any atom is 0.217 e. The van der Waals surface area contributed by atoms with Gasteiger partial charge in [0.2, 0.25) is 5.91 Å². The molecule has 0 aromatic heterocycles. The Kier molecular flexibility index (Phi) is 6.46. The molecule has 1 saturated heterocycles. The first-order valence-electron chi connectivity index (χ1n) is 7.02. The fourth-order valence-corrected chi connectivity index (χ4v) is 8.99. The Morgan fingerprint density at radius 2 is 1.65 bits per heavy atom. The second-order valence-electron chi connectivity index (χ2n) is 6.88. The lowest BCUT2D eigenvalue weighted by atomic mass is 10.0. The topological polar surface area (TPSA) is 20.3 Å². The van der Waals surface area contributed by atoms with Gasteiger partial charge in [0.25, 0.3) is 0 Å². The molecule has 0 N–H and O–H groups in total. The zero-order valence-corrected chi connectivity index (χ0v) is 17.5. The first-order chi connectivity index (χ1) is 9.11. The van der Waals surface area contributed by atoms with E-state index in [0.29, 0.717) is 21.8 Å². The number of nitrogens with zero attached hydrogens (tertiary/aromatic N) is 1. The van der Waals surface area contributed by atoms with Crippen molar-refractivity contribution in [1.29, 1.82) is 0 Å². The molecule has 0 radical (unpaired) electrons. The molecule has 118 valence electrons. The van der Waals surface area contributed by atoms with Crippen molar-refractivity contribution in [3.63, 3.8) is 0 Å². The third kappa shape index (κ3) is 3.38. The predicted octanol–water partition coefficient (Wildman–Crippen LogP) is 4.38. The second-order valence-corrected chi connectivity index (χ2v) is 15.3. The van der Waals surface area contributed by atoms with E-state index >= 15 is 0 Å². The maximum absolute atomic E-state index is 12.3. The first-order valence-corrected chi connectivity index (χ1v) is 13.8. The molecule has 1 heterocycles. The number of carbonyl (C=O) groups is 1. The Labute approximate surface area is 138 Å². The van der Waals surface area contributed by atoms with Gasteiger partial charge in [0.15, 0.2) is 8.24 Å². The van der Waals surface area contributed by atoms with Crippen molar-refractivity contribution >= 4 is 49.4 Å². The van der Waals surface area contributed by atoms with Crippen molar-refractivity contribution in [3.8, 4) is 0 Å². The summed E-state index contributed by atoms with van der Waals surface area (Å²) in [4.78, 5) is 12.3. The monoisotopic (exact) mass is 351 g/mol. The van der Waals surface area contributed by atoms with Crippen LogP contribution in [0.1, 0.15) is 27.2 Å². The van der Waals surface area contributed by atoms with Crippen molar-refractivity contribution in [1.82, 2.24) is 4.57 Å². The summed E-state index contributed by atoms with van der Waals surface area (Å²) < 4.78 is 2.86. The Morgan fingerprint density at radius 3 is 1.95 bits per heavy atom. The van der Waals surface area contributed by atoms with Gasteiger partial charge in [-0.1, -0.05) is 33.9 Å². The van der Waals surface area contributed by atoms with E-state index in [1.165, 1.54) is 0 Å². The van der Waals surface area contributed by atoms with Crippen LogP contribution in [-0.2, 0) is 4.79 Å². The summed E-state index contributed by atoms with van der Waals surface area (Å²) in [6.07, 6.45) is 7.30. The van der Waals surface area contributed by atoms with Gasteiger partial charge in [0, 0.05) is 17.7 Å². The van der Waals surface area contributed by atoms with Crippen LogP contribution >= 0.6 is 35.3 Å². The third-order valence-corrected chi connectivity index (χ3v) is 14.4. The van der Waals surface area contributed by atoms with Gasteiger partial charge in [-0.25, -0.2) is 0 Å². The Hall–Kier alpha value is 0.737. The van der Waals surface area contributed by atoms with Crippen LogP contribution in [0.5, 0.6) is 0 Å². The van der Waals surface area contributed by atoms with E-state index in [4.69, 9.17) is 0 Å². The number of rotatable bonds is 6. The van der Waals surface area contributed by atoms with Crippen LogP contribution in [0, 0.1) is 0 Å². The molecule has 1 amide bonds. The lowest BCUT2D eigenvalue weighted by Gasteiger charge is -2.57. The standard InChI is InChI=1S/C14H29NOS3Si/c1-14(2,3)20(7,8)15-10(9-11(15)16)12(17-4)13(18-5)19-6/h10,12-13H,9H2,1-8H3/t10-,12?/m0/s1. The highest BCUT2D eigenvalue weighted by Gasteiger charge is 2.54. The molecular formula is C14H29NOS3Si. The molecule has 2 atom stereocenters. The fraction of sp³-hybridized carbons (Fsp3) is 0.929. The summed E-state index contributed by atoms with van der Waals surface area (Å²) in [5, 5.41) is 0.755. The van der Waals surface area contributed by atoms with E-state index in [1.807, 2.05) is 35.3 Å². The summed E-state index contributed by atoms with van der Waals surface area (Å²) in [6.45, 7) is 11.6. The van der Waals surface area contributed by atoms with E-state index < -0.39 is 8.24 Å². The van der Waals surface area contributed by atoms with Gasteiger partial charge in [-0.3, -0.25) is 4.79 Å². The van der Waals surface area contributed by atoms with E-state index in [9.17, 15) is 4.79 Å². The zero-order valence-electron chi connectivity index (χ0n) is 14.0. The minimum absolute atomic E-state index is 0.221. The van der Waals surface area contributed by atoms with E-state index in [1.54, 1.807) is 0 Å². The highest BCUT2D eigenvalue weighted by Crippen LogP contribution is 2.46. The number of hydrogen-bond acceptors (Lipinski definition) is 4. The molecule has 1 unspecified atom stereocenters. The highest BCUT2D eigenvalue weighted by atomic mass is 32.2. The van der Waals surface area contributed by atoms with Crippen LogP contribution in [0.3, 0.4) is 0 Å². The quantitative estimate of drug-likeness (QED) is 0.402. The molecule has 1 fully saturated rings. The zero-order chi connectivity index (χ0) is 15.7. The molecule has 1 rings (SSSR count). The Morgan fingerprint density at radius 1 is 1.15 bits per heavy atom. The lowest BCUT2D eigenvalue weighted by Crippen LogP contribution is -2.71. The number of thioether (sulfide) groups is 3. The Bertz CT molecular complexity index is 353. The number of hydrogen-bond donors (Lipinski definition) is 0. The molecule has 2 nitrogen and oxygen atoms in total. The van der Waals surface area contributed by atoms with Crippen LogP contribution in [0.4, 0.5) is 0 Å². The van der Waals surface area contributed by atoms with Gasteiger partial charge < -0.3 is 4.57 Å². The van der Waals surface area contributed by atoms with Gasteiger partial charge in [-0.15, -0.1) is 23.5 Å². The van der Waals surface area contributed by atoms with Crippen molar-refractivity contribution in [2.45, 2.75) is 61.2 Å². The molecule has 1 aliphatic heterocycles. The van der Waals surface area contributed by atoms with E-state index in [-0.39, 0.29) is 5.04 Å². The van der Waals surface area contributed by atoms with Gasteiger partial charge in [-0.2, -0.15) is 11.8 Å². The lowest BCUT2D eigenvalue weighted by molar-refractivity contribution is -0.138. The van der Waals surface area contributed by atoms with Gasteiger partial charge >= 0.3 is 0 Å². The normalized spacial score (nSPS) is 22.1. The molecule has 0 saturated carbocycles. The molecule has 1 aliphatic rings. The largest absolute Gasteiger partial charge is 0.365 e. The average Bonchev–Trinajstić information content (AvgIpc) is 2.31. The maximum atomic E-state index is 12.3. The molecule has 0 aromatic rings. The summed E-state index contributed by atoms with van der Waals surface area (Å²) in [5.41, 5.74) is 0. The molecule has 0 spiro atoms. The van der Waals surface area contributed by atoms with Crippen molar-refractivity contribution < 1.29 is 4.79 Å². The molecule has 6 heteroatoms. The molecule has 0 bridgehead atoms. The minimum Gasteiger partial charge on any atom is -0.365 e. The van der Waals surface area contributed by atoms with Crippen molar-refractivity contribution in [2.24, 2.45) is 0 Å². The number of amides is 1. The summed E-state index contributed by atoms with van der Waals surface area (Å²) in [7, 11) is -1.75. The van der Waals surface area contributed by atoms with E-state index in [2.05, 4.69) is 57.2 Å². The van der Waals surface area contributed by atoms with Gasteiger partial charge in [0.1, 0.15) is 0 Å². The Balaban J connectivity index is 3.00.